The van der Waals surface area contributed by atoms with Crippen LogP contribution in [0.25, 0.3) is 0 Å². The lowest BCUT2D eigenvalue weighted by atomic mass is 9.99. The second-order valence-electron chi connectivity index (χ2n) is 5.21. The number of ether oxygens (including phenoxy) is 2. The fourth-order valence-electron chi connectivity index (χ4n) is 2.58. The summed E-state index contributed by atoms with van der Waals surface area (Å²) in [5.74, 6) is 1.57. The molecule has 0 spiro atoms. The van der Waals surface area contributed by atoms with Crippen molar-refractivity contribution in [1.82, 2.24) is 5.32 Å². The Morgan fingerprint density at radius 2 is 1.85 bits per heavy atom. The number of hydrogen-bond acceptors (Lipinski definition) is 3. The molecule has 0 saturated carbocycles. The Morgan fingerprint density at radius 1 is 1.15 bits per heavy atom. The Balaban J connectivity index is 2.08. The van der Waals surface area contributed by atoms with Gasteiger partial charge in [0.2, 0.25) is 0 Å². The molecule has 0 fully saturated rings. The van der Waals surface area contributed by atoms with E-state index in [4.69, 9.17) is 21.1 Å². The van der Waals surface area contributed by atoms with Crippen LogP contribution in [0.3, 0.4) is 0 Å². The molecule has 4 heteroatoms. The van der Waals surface area contributed by atoms with Gasteiger partial charge in [-0.25, -0.2) is 0 Å². The summed E-state index contributed by atoms with van der Waals surface area (Å²) < 4.78 is 11.2. The van der Waals surface area contributed by atoms with Gasteiger partial charge in [-0.1, -0.05) is 44.2 Å². The molecular weight excluding hydrogens is 274 g/mol. The summed E-state index contributed by atoms with van der Waals surface area (Å²) in [6.45, 7) is 3.43. The van der Waals surface area contributed by atoms with Gasteiger partial charge in [-0.05, 0) is 25.1 Å². The van der Waals surface area contributed by atoms with Crippen LogP contribution in [0.1, 0.15) is 50.6 Å². The average Bonchev–Trinajstić information content (AvgIpc) is 2.47. The van der Waals surface area contributed by atoms with E-state index >= 15 is 0 Å². The van der Waals surface area contributed by atoms with Crippen LogP contribution in [-0.2, 0) is 0 Å². The molecule has 2 rings (SSSR count). The third kappa shape index (κ3) is 3.80. The lowest BCUT2D eigenvalue weighted by molar-refractivity contribution is 0.171. The van der Waals surface area contributed by atoms with Gasteiger partial charge in [0.1, 0.15) is 13.2 Å². The fraction of sp³-hybridized carbons (Fsp3) is 0.625. The van der Waals surface area contributed by atoms with Crippen LogP contribution in [0.4, 0.5) is 0 Å². The number of hydrogen-bond donors (Lipinski definition) is 1. The van der Waals surface area contributed by atoms with E-state index in [1.54, 1.807) is 0 Å². The number of halogens is 1. The predicted octanol–water partition coefficient (Wildman–Crippen LogP) is 4.34. The van der Waals surface area contributed by atoms with Gasteiger partial charge < -0.3 is 14.8 Å². The van der Waals surface area contributed by atoms with Crippen LogP contribution >= 0.6 is 11.6 Å². The molecule has 1 aliphatic rings. The van der Waals surface area contributed by atoms with Gasteiger partial charge in [-0.15, -0.1) is 0 Å². The summed E-state index contributed by atoms with van der Waals surface area (Å²) >= 11 is 6.40. The molecule has 0 saturated heterocycles. The number of fused-ring (bicyclic) bond motifs is 1. The Kier molecular flexibility index (Phi) is 5.99. The zero-order valence-corrected chi connectivity index (χ0v) is 13.1. The van der Waals surface area contributed by atoms with Crippen LogP contribution in [0.2, 0.25) is 5.02 Å². The minimum atomic E-state index is 0.273. The molecule has 0 radical (unpaired) electrons. The van der Waals surface area contributed by atoms with E-state index in [0.29, 0.717) is 13.2 Å². The highest BCUT2D eigenvalue weighted by molar-refractivity contribution is 6.31. The quantitative estimate of drug-likeness (QED) is 0.759. The average molecular weight is 298 g/mol. The van der Waals surface area contributed by atoms with Crippen molar-refractivity contribution in [1.29, 1.82) is 0 Å². The molecule has 1 aliphatic heterocycles. The molecule has 3 nitrogen and oxygen atoms in total. The molecule has 0 aliphatic carbocycles. The van der Waals surface area contributed by atoms with Crippen molar-refractivity contribution >= 4 is 11.6 Å². The summed E-state index contributed by atoms with van der Waals surface area (Å²) in [6.07, 6.45) is 6.14. The minimum Gasteiger partial charge on any atom is -0.486 e. The molecular formula is C16H24ClNO2. The van der Waals surface area contributed by atoms with Crippen LogP contribution in [-0.4, -0.2) is 20.3 Å². The maximum atomic E-state index is 6.40. The van der Waals surface area contributed by atoms with Gasteiger partial charge in [-0.3, -0.25) is 0 Å². The van der Waals surface area contributed by atoms with Gasteiger partial charge in [0, 0.05) is 17.1 Å². The molecule has 0 amide bonds. The van der Waals surface area contributed by atoms with Crippen LogP contribution in [0, 0.1) is 0 Å². The Bertz CT molecular complexity index is 437. The molecule has 1 aromatic carbocycles. The summed E-state index contributed by atoms with van der Waals surface area (Å²) in [6, 6.07) is 4.18. The van der Waals surface area contributed by atoms with Crippen molar-refractivity contribution in [2.24, 2.45) is 0 Å². The third-order valence-electron chi connectivity index (χ3n) is 3.73. The highest BCUT2D eigenvalue weighted by atomic mass is 35.5. The van der Waals surface area contributed by atoms with Crippen molar-refractivity contribution in [2.75, 3.05) is 20.3 Å². The first-order valence-corrected chi connectivity index (χ1v) is 7.90. The highest BCUT2D eigenvalue weighted by Crippen LogP contribution is 2.38. The van der Waals surface area contributed by atoms with E-state index in [-0.39, 0.29) is 6.04 Å². The molecule has 0 bridgehead atoms. The Hall–Kier alpha value is -0.930. The molecule has 1 N–H and O–H groups in total. The van der Waals surface area contributed by atoms with Crippen molar-refractivity contribution in [3.8, 4) is 11.5 Å². The second-order valence-corrected chi connectivity index (χ2v) is 5.62. The zero-order valence-electron chi connectivity index (χ0n) is 12.4. The Labute approximate surface area is 126 Å². The molecule has 112 valence electrons. The van der Waals surface area contributed by atoms with Crippen LogP contribution in [0.5, 0.6) is 11.5 Å². The molecule has 20 heavy (non-hydrogen) atoms. The summed E-state index contributed by atoms with van der Waals surface area (Å²) in [4.78, 5) is 0. The molecule has 1 heterocycles. The number of rotatable bonds is 7. The molecule has 1 unspecified atom stereocenters. The number of unbranched alkanes of at least 4 members (excludes halogenated alkanes) is 3. The standard InChI is InChI=1S/C16H24ClNO2/c1-3-4-5-6-7-14(18-2)12-10-15-16(11-13(12)17)20-9-8-19-15/h10-11,14,18H,3-9H2,1-2H3. The van der Waals surface area contributed by atoms with Crippen molar-refractivity contribution in [2.45, 2.75) is 45.1 Å². The van der Waals surface area contributed by atoms with E-state index in [2.05, 4.69) is 12.2 Å². The fourth-order valence-corrected chi connectivity index (χ4v) is 2.86. The Morgan fingerprint density at radius 3 is 2.50 bits per heavy atom. The summed E-state index contributed by atoms with van der Waals surface area (Å²) in [7, 11) is 1.98. The van der Waals surface area contributed by atoms with Crippen molar-refractivity contribution in [3.05, 3.63) is 22.7 Å². The lowest BCUT2D eigenvalue weighted by Gasteiger charge is -2.23. The monoisotopic (exact) mass is 297 g/mol. The smallest absolute Gasteiger partial charge is 0.162 e. The van der Waals surface area contributed by atoms with Crippen molar-refractivity contribution in [3.63, 3.8) is 0 Å². The second kappa shape index (κ2) is 7.75. The van der Waals surface area contributed by atoms with E-state index in [1.807, 2.05) is 19.2 Å². The minimum absolute atomic E-state index is 0.273. The van der Waals surface area contributed by atoms with Crippen LogP contribution < -0.4 is 14.8 Å². The lowest BCUT2D eigenvalue weighted by Crippen LogP contribution is -2.19. The number of benzene rings is 1. The molecule has 1 atom stereocenters. The van der Waals surface area contributed by atoms with E-state index < -0.39 is 0 Å². The van der Waals surface area contributed by atoms with E-state index in [0.717, 1.165) is 28.5 Å². The zero-order chi connectivity index (χ0) is 14.4. The number of nitrogens with one attached hydrogen (secondary N) is 1. The first-order chi connectivity index (χ1) is 9.76. The molecule has 1 aromatic rings. The topological polar surface area (TPSA) is 30.5 Å². The summed E-state index contributed by atoms with van der Waals surface area (Å²) in [5, 5.41) is 4.12. The van der Waals surface area contributed by atoms with Crippen LogP contribution in [0.15, 0.2) is 12.1 Å². The van der Waals surface area contributed by atoms with E-state index in [1.165, 1.54) is 25.7 Å². The molecule has 0 aromatic heterocycles. The van der Waals surface area contributed by atoms with Gasteiger partial charge in [0.15, 0.2) is 11.5 Å². The summed E-state index contributed by atoms with van der Waals surface area (Å²) in [5.41, 5.74) is 1.11. The maximum absolute atomic E-state index is 6.40. The van der Waals surface area contributed by atoms with Gasteiger partial charge in [-0.2, -0.15) is 0 Å². The normalized spacial score (nSPS) is 15.2. The SMILES string of the molecule is CCCCCCC(NC)c1cc2c(cc1Cl)OCCO2. The van der Waals surface area contributed by atoms with Crippen molar-refractivity contribution < 1.29 is 9.47 Å². The highest BCUT2D eigenvalue weighted by Gasteiger charge is 2.19. The van der Waals surface area contributed by atoms with E-state index in [9.17, 15) is 0 Å². The predicted molar refractivity (Wildman–Crippen MR) is 83.0 cm³/mol. The first kappa shape index (κ1) is 15.5. The first-order valence-electron chi connectivity index (χ1n) is 7.52. The van der Waals surface area contributed by atoms with Gasteiger partial charge in [0.25, 0.3) is 0 Å². The maximum Gasteiger partial charge on any atom is 0.162 e. The van der Waals surface area contributed by atoms with Gasteiger partial charge >= 0.3 is 0 Å². The third-order valence-corrected chi connectivity index (χ3v) is 4.06. The largest absolute Gasteiger partial charge is 0.486 e. The van der Waals surface area contributed by atoms with Gasteiger partial charge in [0.05, 0.1) is 0 Å².